The maximum absolute atomic E-state index is 9.10. The fourth-order valence-corrected chi connectivity index (χ4v) is 2.73. The van der Waals surface area contributed by atoms with E-state index in [0.717, 1.165) is 18.2 Å². The highest BCUT2D eigenvalue weighted by Gasteiger charge is 2.28. The number of nitriles is 1. The summed E-state index contributed by atoms with van der Waals surface area (Å²) in [6, 6.07) is 4.24. The number of nitrogens with one attached hydrogen (secondary N) is 2. The number of hydrogen-bond donors (Lipinski definition) is 3. The van der Waals surface area contributed by atoms with Gasteiger partial charge in [0.05, 0.1) is 0 Å². The normalized spacial score (nSPS) is 20.1. The number of anilines is 2. The summed E-state index contributed by atoms with van der Waals surface area (Å²) in [6.07, 6.45) is 3.57. The van der Waals surface area contributed by atoms with Crippen LogP contribution in [-0.2, 0) is 0 Å². The molecule has 3 rings (SSSR count). The molecule has 0 amide bonds. The van der Waals surface area contributed by atoms with Gasteiger partial charge in [0.2, 0.25) is 5.95 Å². The zero-order chi connectivity index (χ0) is 16.4. The lowest BCUT2D eigenvalue weighted by molar-refractivity contribution is 0.151. The Bertz CT molecular complexity index is 748. The van der Waals surface area contributed by atoms with Gasteiger partial charge < -0.3 is 15.7 Å². The minimum absolute atomic E-state index is 0.183. The molecule has 0 atom stereocenters. The molecule has 7 nitrogen and oxygen atoms in total. The number of aromatic nitrogens is 3. The predicted molar refractivity (Wildman–Crippen MR) is 88.0 cm³/mol. The first-order valence-corrected chi connectivity index (χ1v) is 7.81. The minimum atomic E-state index is 0.183. The average Bonchev–Trinajstić information content (AvgIpc) is 2.49. The van der Waals surface area contributed by atoms with Crippen molar-refractivity contribution in [2.45, 2.75) is 38.8 Å². The third kappa shape index (κ3) is 3.32. The van der Waals surface area contributed by atoms with Crippen LogP contribution in [0.15, 0.2) is 12.3 Å². The molecular formula is C16H20N6O. The molecule has 0 unspecified atom stereocenters. The molecule has 2 heterocycles. The van der Waals surface area contributed by atoms with Crippen molar-refractivity contribution in [3.8, 4) is 6.07 Å². The lowest BCUT2D eigenvalue weighted by Gasteiger charge is -2.34. The van der Waals surface area contributed by atoms with Gasteiger partial charge in [0.25, 0.3) is 0 Å². The van der Waals surface area contributed by atoms with E-state index >= 15 is 0 Å². The summed E-state index contributed by atoms with van der Waals surface area (Å²) in [4.78, 5) is 13.2. The highest BCUT2D eigenvalue weighted by atomic mass is 16.3. The van der Waals surface area contributed by atoms with E-state index in [-0.39, 0.29) is 12.6 Å². The Morgan fingerprint density at radius 1 is 1.39 bits per heavy atom. The molecule has 3 N–H and O–H groups in total. The van der Waals surface area contributed by atoms with E-state index in [2.05, 4.69) is 31.7 Å². The first kappa shape index (κ1) is 15.4. The van der Waals surface area contributed by atoms with Gasteiger partial charge in [-0.25, -0.2) is 15.0 Å². The van der Waals surface area contributed by atoms with Crippen molar-refractivity contribution in [1.82, 2.24) is 15.0 Å². The van der Waals surface area contributed by atoms with Crippen molar-refractivity contribution in [3.63, 3.8) is 0 Å². The Kier molecular flexibility index (Phi) is 4.26. The molecule has 0 aromatic carbocycles. The minimum Gasteiger partial charge on any atom is -0.396 e. The molecule has 1 fully saturated rings. The Balaban J connectivity index is 1.89. The lowest BCUT2D eigenvalue weighted by Crippen LogP contribution is -2.37. The fourth-order valence-electron chi connectivity index (χ4n) is 2.73. The zero-order valence-electron chi connectivity index (χ0n) is 13.2. The molecule has 0 spiro atoms. The van der Waals surface area contributed by atoms with E-state index < -0.39 is 0 Å². The summed E-state index contributed by atoms with van der Waals surface area (Å²) in [5.41, 5.74) is 1.04. The van der Waals surface area contributed by atoms with Gasteiger partial charge >= 0.3 is 0 Å². The lowest BCUT2D eigenvalue weighted by atomic mass is 9.81. The second-order valence-corrected chi connectivity index (χ2v) is 6.26. The molecule has 0 radical (unpaired) electrons. The quantitative estimate of drug-likeness (QED) is 0.774. The molecule has 7 heteroatoms. The van der Waals surface area contributed by atoms with Gasteiger partial charge in [-0.15, -0.1) is 0 Å². The van der Waals surface area contributed by atoms with Crippen molar-refractivity contribution in [2.75, 3.05) is 17.2 Å². The fraction of sp³-hybridized carbons (Fsp3) is 0.500. The molecule has 120 valence electrons. The van der Waals surface area contributed by atoms with Crippen LogP contribution in [0, 0.1) is 17.2 Å². The molecule has 0 saturated heterocycles. The number of pyridine rings is 1. The van der Waals surface area contributed by atoms with Crippen LogP contribution in [0.5, 0.6) is 0 Å². The molecule has 0 bridgehead atoms. The van der Waals surface area contributed by atoms with E-state index in [1.807, 2.05) is 13.8 Å². The van der Waals surface area contributed by atoms with Crippen LogP contribution in [0.3, 0.4) is 0 Å². The standard InChI is InChI=1S/C16H20N6O/c1-9(2)19-15-14-11(5-13(6-17)20-15)7-18-16(22-14)21-12-3-10(4-12)8-23/h5,7,9-10,12,23H,3-4,8H2,1-2H3,(H,19,20)(H,18,21,22)/t10-,12-. The smallest absolute Gasteiger partial charge is 0.223 e. The van der Waals surface area contributed by atoms with E-state index in [0.29, 0.717) is 34.9 Å². The van der Waals surface area contributed by atoms with Crippen LogP contribution < -0.4 is 10.6 Å². The maximum Gasteiger partial charge on any atom is 0.223 e. The van der Waals surface area contributed by atoms with Gasteiger partial charge in [-0.2, -0.15) is 5.26 Å². The van der Waals surface area contributed by atoms with Crippen molar-refractivity contribution in [3.05, 3.63) is 18.0 Å². The SMILES string of the molecule is CC(C)Nc1nc(C#N)cc2cnc(N[C@H]3C[C@H](CO)C3)nc12. The second-order valence-electron chi connectivity index (χ2n) is 6.26. The number of rotatable bonds is 5. The third-order valence-electron chi connectivity index (χ3n) is 3.93. The second kappa shape index (κ2) is 6.34. The topological polar surface area (TPSA) is 107 Å². The number of hydrogen-bond acceptors (Lipinski definition) is 7. The van der Waals surface area contributed by atoms with Crippen LogP contribution in [0.2, 0.25) is 0 Å². The van der Waals surface area contributed by atoms with Gasteiger partial charge in [-0.3, -0.25) is 0 Å². The van der Waals surface area contributed by atoms with Crippen LogP contribution in [-0.4, -0.2) is 38.7 Å². The van der Waals surface area contributed by atoms with E-state index in [1.165, 1.54) is 0 Å². The number of aliphatic hydroxyl groups is 1. The molecule has 2 aromatic heterocycles. The first-order chi connectivity index (χ1) is 11.1. The highest BCUT2D eigenvalue weighted by molar-refractivity contribution is 5.89. The van der Waals surface area contributed by atoms with Gasteiger partial charge in [0.15, 0.2) is 5.82 Å². The largest absolute Gasteiger partial charge is 0.396 e. The Hall–Kier alpha value is -2.46. The Labute approximate surface area is 134 Å². The van der Waals surface area contributed by atoms with Crippen LogP contribution >= 0.6 is 0 Å². The number of aliphatic hydroxyl groups excluding tert-OH is 1. The van der Waals surface area contributed by atoms with Gasteiger partial charge in [0, 0.05) is 30.3 Å². The predicted octanol–water partition coefficient (Wildman–Crippen LogP) is 1.90. The first-order valence-electron chi connectivity index (χ1n) is 7.81. The summed E-state index contributed by atoms with van der Waals surface area (Å²) in [6.45, 7) is 4.26. The highest BCUT2D eigenvalue weighted by Crippen LogP contribution is 2.29. The summed E-state index contributed by atoms with van der Waals surface area (Å²) < 4.78 is 0. The van der Waals surface area contributed by atoms with Gasteiger partial charge in [-0.05, 0) is 38.7 Å². The summed E-state index contributed by atoms with van der Waals surface area (Å²) >= 11 is 0. The molecule has 2 aromatic rings. The third-order valence-corrected chi connectivity index (χ3v) is 3.93. The average molecular weight is 312 g/mol. The monoisotopic (exact) mass is 312 g/mol. The van der Waals surface area contributed by atoms with Crippen LogP contribution in [0.25, 0.3) is 10.9 Å². The Morgan fingerprint density at radius 2 is 2.17 bits per heavy atom. The zero-order valence-corrected chi connectivity index (χ0v) is 13.2. The van der Waals surface area contributed by atoms with Crippen LogP contribution in [0.4, 0.5) is 11.8 Å². The summed E-state index contributed by atoms with van der Waals surface area (Å²) in [7, 11) is 0. The number of fused-ring (bicyclic) bond motifs is 1. The van der Waals surface area contributed by atoms with Gasteiger partial charge in [0.1, 0.15) is 17.3 Å². The summed E-state index contributed by atoms with van der Waals surface area (Å²) in [5.74, 6) is 1.53. The van der Waals surface area contributed by atoms with E-state index in [1.54, 1.807) is 12.3 Å². The van der Waals surface area contributed by atoms with Crippen molar-refractivity contribution in [1.29, 1.82) is 5.26 Å². The van der Waals surface area contributed by atoms with Crippen molar-refractivity contribution < 1.29 is 5.11 Å². The molecule has 0 aliphatic heterocycles. The van der Waals surface area contributed by atoms with Crippen molar-refractivity contribution >= 4 is 22.7 Å². The van der Waals surface area contributed by atoms with Crippen molar-refractivity contribution in [2.24, 2.45) is 5.92 Å². The molecule has 1 aliphatic carbocycles. The molecule has 1 saturated carbocycles. The Morgan fingerprint density at radius 3 is 2.83 bits per heavy atom. The van der Waals surface area contributed by atoms with E-state index in [4.69, 9.17) is 10.4 Å². The molecule has 1 aliphatic rings. The molecular weight excluding hydrogens is 292 g/mol. The molecule has 23 heavy (non-hydrogen) atoms. The van der Waals surface area contributed by atoms with E-state index in [9.17, 15) is 0 Å². The van der Waals surface area contributed by atoms with Gasteiger partial charge in [-0.1, -0.05) is 0 Å². The number of nitrogens with zero attached hydrogens (tertiary/aromatic N) is 4. The summed E-state index contributed by atoms with van der Waals surface area (Å²) in [5, 5.41) is 25.5. The van der Waals surface area contributed by atoms with Crippen LogP contribution in [0.1, 0.15) is 32.4 Å². The maximum atomic E-state index is 9.10.